The minimum Gasteiger partial charge on any atom is -0.388 e. The number of rotatable bonds is 5. The lowest BCUT2D eigenvalue weighted by Gasteiger charge is -2.39. The second kappa shape index (κ2) is 6.90. The Morgan fingerprint density at radius 3 is 2.75 bits per heavy atom. The highest BCUT2D eigenvalue weighted by atomic mass is 35.5. The molecule has 1 aliphatic heterocycles. The first-order chi connectivity index (χ1) is 9.52. The van der Waals surface area contributed by atoms with E-state index in [-0.39, 0.29) is 5.60 Å². The molecule has 4 heteroatoms. The second-order valence-corrected chi connectivity index (χ2v) is 6.33. The van der Waals surface area contributed by atoms with Gasteiger partial charge in [-0.25, -0.2) is 0 Å². The Hall–Kier alpha value is -0.610. The summed E-state index contributed by atoms with van der Waals surface area (Å²) >= 11 is 5.86. The van der Waals surface area contributed by atoms with Crippen molar-refractivity contribution in [2.75, 3.05) is 26.7 Å². The quantitative estimate of drug-likeness (QED) is 0.905. The SMILES string of the molecule is COC1(C)CCCN(CCC(O)c2ccc(Cl)cc2)C1. The lowest BCUT2D eigenvalue weighted by molar-refractivity contribution is -0.0528. The maximum atomic E-state index is 10.2. The van der Waals surface area contributed by atoms with Crippen LogP contribution in [0.25, 0.3) is 0 Å². The van der Waals surface area contributed by atoms with Crippen molar-refractivity contribution >= 4 is 11.6 Å². The number of piperidine rings is 1. The topological polar surface area (TPSA) is 32.7 Å². The van der Waals surface area contributed by atoms with E-state index in [1.165, 1.54) is 0 Å². The molecule has 0 aromatic heterocycles. The number of hydrogen-bond donors (Lipinski definition) is 1. The van der Waals surface area contributed by atoms with E-state index < -0.39 is 6.10 Å². The minimum atomic E-state index is -0.428. The first kappa shape index (κ1) is 15.8. The molecule has 2 rings (SSSR count). The molecule has 1 aliphatic rings. The molecular weight excluding hydrogens is 274 g/mol. The van der Waals surface area contributed by atoms with Gasteiger partial charge in [0, 0.05) is 25.2 Å². The van der Waals surface area contributed by atoms with Gasteiger partial charge in [-0.2, -0.15) is 0 Å². The maximum absolute atomic E-state index is 10.2. The molecule has 0 amide bonds. The van der Waals surface area contributed by atoms with Crippen LogP contribution in [-0.2, 0) is 4.74 Å². The van der Waals surface area contributed by atoms with Gasteiger partial charge in [0.05, 0.1) is 11.7 Å². The van der Waals surface area contributed by atoms with Gasteiger partial charge in [-0.15, -0.1) is 0 Å². The van der Waals surface area contributed by atoms with Crippen molar-refractivity contribution in [2.45, 2.75) is 37.9 Å². The Bertz CT molecular complexity index is 423. The number of benzene rings is 1. The van der Waals surface area contributed by atoms with Crippen LogP contribution in [-0.4, -0.2) is 42.4 Å². The lowest BCUT2D eigenvalue weighted by atomic mass is 9.94. The number of likely N-dealkylation sites (tertiary alicyclic amines) is 1. The summed E-state index contributed by atoms with van der Waals surface area (Å²) in [4.78, 5) is 2.38. The van der Waals surface area contributed by atoms with Gasteiger partial charge in [-0.1, -0.05) is 23.7 Å². The summed E-state index contributed by atoms with van der Waals surface area (Å²) in [5.74, 6) is 0. The van der Waals surface area contributed by atoms with E-state index in [1.54, 1.807) is 7.11 Å². The third-order valence-electron chi connectivity index (χ3n) is 4.20. The van der Waals surface area contributed by atoms with E-state index in [0.29, 0.717) is 5.02 Å². The van der Waals surface area contributed by atoms with Crippen molar-refractivity contribution in [3.05, 3.63) is 34.9 Å². The third kappa shape index (κ3) is 4.19. The fourth-order valence-electron chi connectivity index (χ4n) is 2.82. The number of hydrogen-bond acceptors (Lipinski definition) is 3. The molecule has 2 atom stereocenters. The molecular formula is C16H24ClNO2. The first-order valence-electron chi connectivity index (χ1n) is 7.23. The van der Waals surface area contributed by atoms with Crippen LogP contribution in [0.5, 0.6) is 0 Å². The van der Waals surface area contributed by atoms with Crippen LogP contribution in [0.1, 0.15) is 37.9 Å². The Balaban J connectivity index is 1.84. The third-order valence-corrected chi connectivity index (χ3v) is 4.46. The van der Waals surface area contributed by atoms with Gasteiger partial charge in [0.25, 0.3) is 0 Å². The summed E-state index contributed by atoms with van der Waals surface area (Å²) in [7, 11) is 1.78. The number of aliphatic hydroxyl groups excluding tert-OH is 1. The zero-order valence-electron chi connectivity index (χ0n) is 12.3. The van der Waals surface area contributed by atoms with Gasteiger partial charge in [-0.3, -0.25) is 0 Å². The molecule has 0 bridgehead atoms. The summed E-state index contributed by atoms with van der Waals surface area (Å²) in [6, 6.07) is 7.43. The summed E-state index contributed by atoms with van der Waals surface area (Å²) in [5, 5.41) is 10.9. The van der Waals surface area contributed by atoms with E-state index in [2.05, 4.69) is 11.8 Å². The molecule has 1 heterocycles. The van der Waals surface area contributed by atoms with Crippen LogP contribution in [0.2, 0.25) is 5.02 Å². The average molecular weight is 298 g/mol. The summed E-state index contributed by atoms with van der Waals surface area (Å²) in [5.41, 5.74) is 0.893. The van der Waals surface area contributed by atoms with Crippen molar-refractivity contribution in [2.24, 2.45) is 0 Å². The highest BCUT2D eigenvalue weighted by molar-refractivity contribution is 6.30. The Morgan fingerprint density at radius 2 is 2.10 bits per heavy atom. The van der Waals surface area contributed by atoms with E-state index in [1.807, 2.05) is 24.3 Å². The second-order valence-electron chi connectivity index (χ2n) is 5.89. The molecule has 2 unspecified atom stereocenters. The van der Waals surface area contributed by atoms with Crippen LogP contribution in [0, 0.1) is 0 Å². The zero-order valence-corrected chi connectivity index (χ0v) is 13.1. The van der Waals surface area contributed by atoms with Gasteiger partial charge in [0.2, 0.25) is 0 Å². The fourth-order valence-corrected chi connectivity index (χ4v) is 2.95. The molecule has 20 heavy (non-hydrogen) atoms. The molecule has 1 saturated heterocycles. The van der Waals surface area contributed by atoms with Gasteiger partial charge >= 0.3 is 0 Å². The highest BCUT2D eigenvalue weighted by Crippen LogP contribution is 2.25. The van der Waals surface area contributed by atoms with Gasteiger partial charge in [0.1, 0.15) is 0 Å². The molecule has 1 fully saturated rings. The molecule has 0 radical (unpaired) electrons. The Morgan fingerprint density at radius 1 is 1.40 bits per heavy atom. The maximum Gasteiger partial charge on any atom is 0.0802 e. The summed E-state index contributed by atoms with van der Waals surface area (Å²) in [6.45, 7) is 5.08. The number of nitrogens with zero attached hydrogens (tertiary/aromatic N) is 1. The molecule has 1 aromatic carbocycles. The van der Waals surface area contributed by atoms with Gasteiger partial charge in [0.15, 0.2) is 0 Å². The van der Waals surface area contributed by atoms with Crippen molar-refractivity contribution in [1.29, 1.82) is 0 Å². The lowest BCUT2D eigenvalue weighted by Crippen LogP contribution is -2.47. The van der Waals surface area contributed by atoms with Gasteiger partial charge < -0.3 is 14.7 Å². The number of halogens is 1. The van der Waals surface area contributed by atoms with Crippen LogP contribution < -0.4 is 0 Å². The molecule has 3 nitrogen and oxygen atoms in total. The Kier molecular flexibility index (Phi) is 5.44. The van der Waals surface area contributed by atoms with Crippen LogP contribution in [0.15, 0.2) is 24.3 Å². The predicted molar refractivity (Wildman–Crippen MR) is 82.1 cm³/mol. The minimum absolute atomic E-state index is 0.0382. The zero-order chi connectivity index (χ0) is 14.6. The highest BCUT2D eigenvalue weighted by Gasteiger charge is 2.30. The van der Waals surface area contributed by atoms with Crippen molar-refractivity contribution < 1.29 is 9.84 Å². The molecule has 0 saturated carbocycles. The normalized spacial score (nSPS) is 25.6. The first-order valence-corrected chi connectivity index (χ1v) is 7.61. The summed E-state index contributed by atoms with van der Waals surface area (Å²) < 4.78 is 5.59. The molecule has 0 spiro atoms. The monoisotopic (exact) mass is 297 g/mol. The van der Waals surface area contributed by atoms with Crippen LogP contribution >= 0.6 is 11.6 Å². The number of methoxy groups -OCH3 is 1. The molecule has 1 aromatic rings. The molecule has 1 N–H and O–H groups in total. The fraction of sp³-hybridized carbons (Fsp3) is 0.625. The smallest absolute Gasteiger partial charge is 0.0802 e. The van der Waals surface area contributed by atoms with E-state index in [9.17, 15) is 5.11 Å². The van der Waals surface area contributed by atoms with Crippen molar-refractivity contribution in [3.8, 4) is 0 Å². The van der Waals surface area contributed by atoms with Crippen molar-refractivity contribution in [1.82, 2.24) is 4.90 Å². The average Bonchev–Trinajstić information content (AvgIpc) is 2.46. The molecule has 112 valence electrons. The Labute approximate surface area is 126 Å². The largest absolute Gasteiger partial charge is 0.388 e. The predicted octanol–water partition coefficient (Wildman–Crippen LogP) is 3.26. The summed E-state index contributed by atoms with van der Waals surface area (Å²) in [6.07, 6.45) is 2.57. The standard InChI is InChI=1S/C16H24ClNO2/c1-16(20-2)9-3-10-18(12-16)11-8-15(19)13-4-6-14(17)7-5-13/h4-7,15,19H,3,8-12H2,1-2H3. The van der Waals surface area contributed by atoms with Crippen LogP contribution in [0.3, 0.4) is 0 Å². The van der Waals surface area contributed by atoms with E-state index >= 15 is 0 Å². The number of ether oxygens (including phenoxy) is 1. The number of aliphatic hydroxyl groups is 1. The molecule has 0 aliphatic carbocycles. The van der Waals surface area contributed by atoms with Gasteiger partial charge in [-0.05, 0) is 50.4 Å². The van der Waals surface area contributed by atoms with Crippen molar-refractivity contribution in [3.63, 3.8) is 0 Å². The van der Waals surface area contributed by atoms with E-state index in [0.717, 1.165) is 44.5 Å². The van der Waals surface area contributed by atoms with E-state index in [4.69, 9.17) is 16.3 Å². The van der Waals surface area contributed by atoms with Crippen LogP contribution in [0.4, 0.5) is 0 Å².